The van der Waals surface area contributed by atoms with Crippen LogP contribution in [0.15, 0.2) is 34.2 Å². The molecule has 2 heterocycles. The number of anilines is 2. The summed E-state index contributed by atoms with van der Waals surface area (Å²) in [5.41, 5.74) is 11.9. The summed E-state index contributed by atoms with van der Waals surface area (Å²) >= 11 is 1.33. The number of nitrogens with one attached hydrogen (secondary N) is 1. The lowest BCUT2D eigenvalue weighted by Gasteiger charge is -1.98. The first-order chi connectivity index (χ1) is 9.24. The molecule has 0 aliphatic carbocycles. The predicted molar refractivity (Wildman–Crippen MR) is 93.8 cm³/mol. The summed E-state index contributed by atoms with van der Waals surface area (Å²) in [6.45, 7) is 4.49. The molecule has 9 heteroatoms. The lowest BCUT2D eigenvalue weighted by molar-refractivity contribution is 0.524. The Bertz CT molecular complexity index is 596. The Labute approximate surface area is 139 Å². The quantitative estimate of drug-likeness (QED) is 0.422. The molecule has 0 amide bonds. The molecule has 0 saturated carbocycles. The van der Waals surface area contributed by atoms with Crippen LogP contribution < -0.4 is 16.8 Å². The molecule has 0 aromatic carbocycles. The van der Waals surface area contributed by atoms with Crippen molar-refractivity contribution in [3.8, 4) is 11.5 Å². The second-order valence-electron chi connectivity index (χ2n) is 3.63. The first-order valence-electron chi connectivity index (χ1n) is 5.65. The average Bonchev–Trinajstić information content (AvgIpc) is 3.01. The third kappa shape index (κ3) is 5.05. The summed E-state index contributed by atoms with van der Waals surface area (Å²) in [6.07, 6.45) is 3.30. The number of halogens is 2. The SMILES string of the molecule is C=CCN=CNc1sc(N)nc1-c1ccc(CN)o1.Cl.Cl. The van der Waals surface area contributed by atoms with Gasteiger partial charge in [-0.15, -0.1) is 31.4 Å². The zero-order valence-corrected chi connectivity index (χ0v) is 13.6. The molecule has 6 nitrogen and oxygen atoms in total. The van der Waals surface area contributed by atoms with Crippen LogP contribution in [0.4, 0.5) is 10.1 Å². The van der Waals surface area contributed by atoms with Gasteiger partial charge in [0.2, 0.25) is 0 Å². The molecule has 0 aliphatic heterocycles. The van der Waals surface area contributed by atoms with Crippen molar-refractivity contribution in [2.45, 2.75) is 6.54 Å². The van der Waals surface area contributed by atoms with Crippen molar-refractivity contribution in [3.05, 3.63) is 30.5 Å². The fourth-order valence-electron chi connectivity index (χ4n) is 1.45. The number of nitrogens with two attached hydrogens (primary N) is 2. The molecule has 0 unspecified atom stereocenters. The molecule has 0 radical (unpaired) electrons. The summed E-state index contributed by atoms with van der Waals surface area (Å²) in [4.78, 5) is 8.33. The summed E-state index contributed by atoms with van der Waals surface area (Å²) in [5, 5.41) is 4.28. The van der Waals surface area contributed by atoms with E-state index >= 15 is 0 Å². The fourth-order valence-corrected chi connectivity index (χ4v) is 2.15. The van der Waals surface area contributed by atoms with Crippen LogP contribution in [0.1, 0.15) is 5.76 Å². The molecule has 0 bridgehead atoms. The minimum Gasteiger partial charge on any atom is -0.458 e. The van der Waals surface area contributed by atoms with E-state index in [1.165, 1.54) is 11.3 Å². The van der Waals surface area contributed by atoms with E-state index in [1.54, 1.807) is 12.4 Å². The second kappa shape index (κ2) is 9.41. The van der Waals surface area contributed by atoms with E-state index in [0.717, 1.165) is 5.00 Å². The Kier molecular flexibility index (Phi) is 8.72. The van der Waals surface area contributed by atoms with E-state index in [-0.39, 0.29) is 24.8 Å². The minimum absolute atomic E-state index is 0. The van der Waals surface area contributed by atoms with Crippen LogP contribution in [0.5, 0.6) is 0 Å². The number of hydrogen-bond donors (Lipinski definition) is 3. The lowest BCUT2D eigenvalue weighted by Crippen LogP contribution is -1.95. The van der Waals surface area contributed by atoms with E-state index in [0.29, 0.717) is 35.4 Å². The van der Waals surface area contributed by atoms with Gasteiger partial charge in [-0.25, -0.2) is 4.98 Å². The Balaban J connectivity index is 0.00000200. The molecule has 0 spiro atoms. The molecule has 0 saturated heterocycles. The zero-order chi connectivity index (χ0) is 13.7. The molecule has 21 heavy (non-hydrogen) atoms. The summed E-state index contributed by atoms with van der Waals surface area (Å²) in [5.74, 6) is 1.33. The standard InChI is InChI=1S/C12H15N5OS.2ClH/c1-2-5-15-7-16-11-10(17-12(14)19-11)9-4-3-8(6-13)18-9;;/h2-4,7H,1,5-6,13H2,(H2,14,17)(H,15,16);2*1H. The molecular weight excluding hydrogens is 333 g/mol. The van der Waals surface area contributed by atoms with Crippen LogP contribution >= 0.6 is 36.2 Å². The summed E-state index contributed by atoms with van der Waals surface area (Å²) in [6, 6.07) is 3.64. The van der Waals surface area contributed by atoms with Gasteiger partial charge in [-0.05, 0) is 12.1 Å². The number of thiazole rings is 1. The van der Waals surface area contributed by atoms with E-state index in [9.17, 15) is 0 Å². The van der Waals surface area contributed by atoms with Crippen LogP contribution in [-0.2, 0) is 6.54 Å². The smallest absolute Gasteiger partial charge is 0.182 e. The highest BCUT2D eigenvalue weighted by Gasteiger charge is 2.14. The van der Waals surface area contributed by atoms with Crippen LogP contribution in [0.25, 0.3) is 11.5 Å². The van der Waals surface area contributed by atoms with E-state index in [2.05, 4.69) is 21.9 Å². The van der Waals surface area contributed by atoms with Gasteiger partial charge in [0.15, 0.2) is 10.9 Å². The third-order valence-electron chi connectivity index (χ3n) is 2.26. The van der Waals surface area contributed by atoms with Gasteiger partial charge in [0.25, 0.3) is 0 Å². The van der Waals surface area contributed by atoms with Crippen LogP contribution in [0.2, 0.25) is 0 Å². The maximum absolute atomic E-state index is 5.73. The molecule has 0 atom stereocenters. The minimum atomic E-state index is 0. The summed E-state index contributed by atoms with van der Waals surface area (Å²) < 4.78 is 5.56. The van der Waals surface area contributed by atoms with E-state index < -0.39 is 0 Å². The Hall–Kier alpha value is -1.54. The van der Waals surface area contributed by atoms with Crippen molar-refractivity contribution in [2.24, 2.45) is 10.7 Å². The van der Waals surface area contributed by atoms with Gasteiger partial charge in [0, 0.05) is 0 Å². The number of hydrogen-bond acceptors (Lipinski definition) is 6. The molecule has 5 N–H and O–H groups in total. The topological polar surface area (TPSA) is 102 Å². The number of nitrogen functional groups attached to an aromatic ring is 1. The normalized spacial score (nSPS) is 9.95. The van der Waals surface area contributed by atoms with E-state index in [4.69, 9.17) is 15.9 Å². The second-order valence-corrected chi connectivity index (χ2v) is 4.66. The van der Waals surface area contributed by atoms with Crippen LogP contribution in [0, 0.1) is 0 Å². The average molecular weight is 350 g/mol. The zero-order valence-electron chi connectivity index (χ0n) is 11.1. The summed E-state index contributed by atoms with van der Waals surface area (Å²) in [7, 11) is 0. The van der Waals surface area contributed by atoms with Gasteiger partial charge in [-0.1, -0.05) is 17.4 Å². The highest BCUT2D eigenvalue weighted by Crippen LogP contribution is 2.34. The van der Waals surface area contributed by atoms with Gasteiger partial charge in [-0.2, -0.15) is 0 Å². The lowest BCUT2D eigenvalue weighted by atomic mass is 10.3. The first-order valence-corrected chi connectivity index (χ1v) is 6.47. The Morgan fingerprint density at radius 1 is 1.43 bits per heavy atom. The molecule has 2 rings (SSSR count). The number of aromatic nitrogens is 1. The van der Waals surface area contributed by atoms with Crippen LogP contribution in [0.3, 0.4) is 0 Å². The van der Waals surface area contributed by atoms with Crippen molar-refractivity contribution in [2.75, 3.05) is 17.6 Å². The van der Waals surface area contributed by atoms with E-state index in [1.807, 2.05) is 12.1 Å². The molecule has 0 fully saturated rings. The maximum Gasteiger partial charge on any atom is 0.182 e. The van der Waals surface area contributed by atoms with Gasteiger partial charge in [-0.3, -0.25) is 4.99 Å². The van der Waals surface area contributed by atoms with Crippen molar-refractivity contribution < 1.29 is 4.42 Å². The van der Waals surface area contributed by atoms with Gasteiger partial charge in [0.1, 0.15) is 16.5 Å². The van der Waals surface area contributed by atoms with Gasteiger partial charge >= 0.3 is 0 Å². The molecule has 116 valence electrons. The maximum atomic E-state index is 5.73. The van der Waals surface area contributed by atoms with Crippen molar-refractivity contribution in [1.29, 1.82) is 0 Å². The molecule has 2 aromatic rings. The number of furan rings is 1. The highest BCUT2D eigenvalue weighted by molar-refractivity contribution is 7.20. The van der Waals surface area contributed by atoms with Gasteiger partial charge < -0.3 is 21.2 Å². The Morgan fingerprint density at radius 3 is 2.81 bits per heavy atom. The molecule has 2 aromatic heterocycles. The molecule has 0 aliphatic rings. The van der Waals surface area contributed by atoms with Crippen molar-refractivity contribution in [1.82, 2.24) is 4.98 Å². The number of rotatable bonds is 6. The first kappa shape index (κ1) is 19.5. The molecular formula is C12H17Cl2N5OS. The Morgan fingerprint density at radius 2 is 2.19 bits per heavy atom. The monoisotopic (exact) mass is 349 g/mol. The van der Waals surface area contributed by atoms with Crippen molar-refractivity contribution >= 4 is 52.6 Å². The predicted octanol–water partition coefficient (Wildman–Crippen LogP) is 2.91. The number of nitrogens with zero attached hydrogens (tertiary/aromatic N) is 2. The van der Waals surface area contributed by atoms with Crippen molar-refractivity contribution in [3.63, 3.8) is 0 Å². The highest BCUT2D eigenvalue weighted by atomic mass is 35.5. The third-order valence-corrected chi connectivity index (χ3v) is 3.08. The van der Waals surface area contributed by atoms with Gasteiger partial charge in [0.05, 0.1) is 19.4 Å². The fraction of sp³-hybridized carbons (Fsp3) is 0.167. The largest absolute Gasteiger partial charge is 0.458 e. The van der Waals surface area contributed by atoms with Crippen LogP contribution in [-0.4, -0.2) is 17.9 Å². The number of aliphatic imine (C=N–C) groups is 1.